The second-order valence-electron chi connectivity index (χ2n) is 2.67. The number of hydrogen-bond donors (Lipinski definition) is 0. The van der Waals surface area contributed by atoms with E-state index in [1.807, 2.05) is 4.90 Å². The highest BCUT2D eigenvalue weighted by Crippen LogP contribution is 2.04. The maximum atomic E-state index is 10.8. The van der Waals surface area contributed by atoms with Crippen LogP contribution in [0.1, 0.15) is 6.92 Å². The number of carbonyl (C=O) groups excluding carboxylic acids is 1. The Hall–Kier alpha value is -0.0900. The van der Waals surface area contributed by atoms with Gasteiger partial charge >= 0.3 is 0 Å². The normalized spacial score (nSPS) is 20.4. The first kappa shape index (κ1) is 9.00. The maximum absolute atomic E-state index is 10.8. The zero-order valence-electron chi connectivity index (χ0n) is 6.72. The fraction of sp³-hybridized carbons (Fsp3) is 0.857. The molecule has 0 spiro atoms. The lowest BCUT2D eigenvalue weighted by molar-refractivity contribution is 0.159. The van der Waals surface area contributed by atoms with Crippen molar-refractivity contribution in [2.75, 3.05) is 32.7 Å². The molecule has 1 amide bonds. The maximum Gasteiger partial charge on any atom is 0.289 e. The molecule has 1 rings (SSSR count). The molecule has 0 aromatic heterocycles. The number of carbonyl (C=O) groups is 1. The van der Waals surface area contributed by atoms with Crippen LogP contribution in [-0.2, 0) is 0 Å². The zero-order valence-corrected chi connectivity index (χ0v) is 8.30. The summed E-state index contributed by atoms with van der Waals surface area (Å²) < 4.78 is 0. The quantitative estimate of drug-likeness (QED) is 0.489. The minimum Gasteiger partial charge on any atom is -0.331 e. The summed E-state index contributed by atoms with van der Waals surface area (Å²) in [6.45, 7) is 6.97. The van der Waals surface area contributed by atoms with E-state index < -0.39 is 0 Å². The average Bonchev–Trinajstić information content (AvgIpc) is 2.05. The van der Waals surface area contributed by atoms with Crippen molar-refractivity contribution in [2.24, 2.45) is 0 Å². The third-order valence-electron chi connectivity index (χ3n) is 2.07. The van der Waals surface area contributed by atoms with E-state index >= 15 is 0 Å². The first-order chi connectivity index (χ1) is 5.24. The van der Waals surface area contributed by atoms with E-state index in [4.69, 9.17) is 0 Å². The van der Waals surface area contributed by atoms with Gasteiger partial charge in [-0.25, -0.2) is 0 Å². The molecule has 0 bridgehead atoms. The molecular formula is C7H13BrN2O. The molecule has 11 heavy (non-hydrogen) atoms. The summed E-state index contributed by atoms with van der Waals surface area (Å²) >= 11 is 2.95. The van der Waals surface area contributed by atoms with Crippen molar-refractivity contribution >= 4 is 20.7 Å². The van der Waals surface area contributed by atoms with Crippen molar-refractivity contribution in [3.8, 4) is 0 Å². The van der Waals surface area contributed by atoms with Gasteiger partial charge in [0.15, 0.2) is 0 Å². The average molecular weight is 221 g/mol. The molecule has 0 saturated carbocycles. The van der Waals surface area contributed by atoms with E-state index in [1.165, 1.54) is 0 Å². The summed E-state index contributed by atoms with van der Waals surface area (Å²) in [6.07, 6.45) is 0. The number of piperazine rings is 1. The van der Waals surface area contributed by atoms with Crippen molar-refractivity contribution in [3.63, 3.8) is 0 Å². The van der Waals surface area contributed by atoms with Crippen LogP contribution in [-0.4, -0.2) is 47.3 Å². The van der Waals surface area contributed by atoms with E-state index in [2.05, 4.69) is 27.8 Å². The Morgan fingerprint density at radius 3 is 2.27 bits per heavy atom. The highest BCUT2D eigenvalue weighted by molar-refractivity contribution is 9.18. The Balaban J connectivity index is 2.30. The molecular weight excluding hydrogens is 208 g/mol. The first-order valence-electron chi connectivity index (χ1n) is 3.90. The second-order valence-corrected chi connectivity index (χ2v) is 3.35. The highest BCUT2D eigenvalue weighted by atomic mass is 79.9. The van der Waals surface area contributed by atoms with Gasteiger partial charge in [0.1, 0.15) is 0 Å². The summed E-state index contributed by atoms with van der Waals surface area (Å²) in [4.78, 5) is 15.0. The molecule has 1 fully saturated rings. The molecule has 4 heteroatoms. The van der Waals surface area contributed by atoms with Gasteiger partial charge in [0.05, 0.1) is 0 Å². The molecule has 0 aromatic rings. The van der Waals surface area contributed by atoms with E-state index in [0.717, 1.165) is 32.7 Å². The summed E-state index contributed by atoms with van der Waals surface area (Å²) in [5, 5.41) is 0. The molecule has 0 aromatic carbocycles. The zero-order chi connectivity index (χ0) is 8.27. The lowest BCUT2D eigenvalue weighted by Gasteiger charge is -2.32. The molecule has 1 aliphatic rings. The summed E-state index contributed by atoms with van der Waals surface area (Å²) in [5.41, 5.74) is 0. The molecule has 0 radical (unpaired) electrons. The fourth-order valence-corrected chi connectivity index (χ4v) is 1.59. The fourth-order valence-electron chi connectivity index (χ4n) is 1.24. The number of hydrogen-bond acceptors (Lipinski definition) is 2. The van der Waals surface area contributed by atoms with Gasteiger partial charge in [0, 0.05) is 42.1 Å². The number of nitrogens with zero attached hydrogens (tertiary/aromatic N) is 2. The lowest BCUT2D eigenvalue weighted by Crippen LogP contribution is -2.46. The Kier molecular flexibility index (Phi) is 3.33. The van der Waals surface area contributed by atoms with Crippen LogP contribution in [0.25, 0.3) is 0 Å². The second kappa shape index (κ2) is 4.07. The van der Waals surface area contributed by atoms with Crippen molar-refractivity contribution in [1.29, 1.82) is 0 Å². The number of rotatable bonds is 1. The summed E-state index contributed by atoms with van der Waals surface area (Å²) in [6, 6.07) is 0. The molecule has 64 valence electrons. The summed E-state index contributed by atoms with van der Waals surface area (Å²) in [7, 11) is 0. The molecule has 0 atom stereocenters. The van der Waals surface area contributed by atoms with Crippen LogP contribution in [0.4, 0.5) is 4.79 Å². The van der Waals surface area contributed by atoms with Gasteiger partial charge in [0.2, 0.25) is 0 Å². The molecule has 3 nitrogen and oxygen atoms in total. The molecule has 0 unspecified atom stereocenters. The van der Waals surface area contributed by atoms with Gasteiger partial charge in [0.25, 0.3) is 4.82 Å². The van der Waals surface area contributed by atoms with E-state index in [9.17, 15) is 4.79 Å². The van der Waals surface area contributed by atoms with Crippen LogP contribution in [0.2, 0.25) is 0 Å². The van der Waals surface area contributed by atoms with Gasteiger partial charge < -0.3 is 9.80 Å². The largest absolute Gasteiger partial charge is 0.331 e. The monoisotopic (exact) mass is 220 g/mol. The number of likely N-dealkylation sites (N-methyl/N-ethyl adjacent to an activating group) is 1. The minimum absolute atomic E-state index is 0.0215. The number of amides is 1. The molecule has 0 aliphatic carbocycles. The van der Waals surface area contributed by atoms with Crippen LogP contribution >= 0.6 is 15.9 Å². The Bertz CT molecular complexity index is 143. The molecule has 0 N–H and O–H groups in total. The van der Waals surface area contributed by atoms with Gasteiger partial charge in [-0.2, -0.15) is 0 Å². The van der Waals surface area contributed by atoms with Crippen molar-refractivity contribution in [3.05, 3.63) is 0 Å². The highest BCUT2D eigenvalue weighted by Gasteiger charge is 2.17. The lowest BCUT2D eigenvalue weighted by atomic mass is 10.3. The topological polar surface area (TPSA) is 23.6 Å². The smallest absolute Gasteiger partial charge is 0.289 e. The van der Waals surface area contributed by atoms with Gasteiger partial charge in [-0.15, -0.1) is 0 Å². The minimum atomic E-state index is 0.0215. The van der Waals surface area contributed by atoms with Gasteiger partial charge in [-0.05, 0) is 6.54 Å². The Morgan fingerprint density at radius 2 is 1.91 bits per heavy atom. The Morgan fingerprint density at radius 1 is 1.36 bits per heavy atom. The molecule has 1 aliphatic heterocycles. The van der Waals surface area contributed by atoms with E-state index in [-0.39, 0.29) is 4.82 Å². The predicted molar refractivity (Wildman–Crippen MR) is 48.0 cm³/mol. The standard InChI is InChI=1S/C7H13BrN2O/c1-2-9-3-5-10(6-4-9)7(8)11/h2-6H2,1H3. The van der Waals surface area contributed by atoms with Crippen LogP contribution in [0.5, 0.6) is 0 Å². The van der Waals surface area contributed by atoms with Gasteiger partial charge in [-0.3, -0.25) is 4.79 Å². The van der Waals surface area contributed by atoms with E-state index in [0.29, 0.717) is 0 Å². The summed E-state index contributed by atoms with van der Waals surface area (Å²) in [5.74, 6) is 0. The predicted octanol–water partition coefficient (Wildman–Crippen LogP) is 1.14. The van der Waals surface area contributed by atoms with Gasteiger partial charge in [-0.1, -0.05) is 6.92 Å². The Labute approximate surface area is 75.5 Å². The molecule has 1 saturated heterocycles. The van der Waals surface area contributed by atoms with Crippen LogP contribution in [0.3, 0.4) is 0 Å². The van der Waals surface area contributed by atoms with Crippen molar-refractivity contribution in [2.45, 2.75) is 6.92 Å². The van der Waals surface area contributed by atoms with Crippen LogP contribution in [0.15, 0.2) is 0 Å². The van der Waals surface area contributed by atoms with E-state index in [1.54, 1.807) is 0 Å². The molecule has 1 heterocycles. The van der Waals surface area contributed by atoms with Crippen LogP contribution < -0.4 is 0 Å². The third-order valence-corrected chi connectivity index (χ3v) is 2.57. The van der Waals surface area contributed by atoms with Crippen molar-refractivity contribution < 1.29 is 4.79 Å². The number of halogens is 1. The van der Waals surface area contributed by atoms with Crippen LogP contribution in [0, 0.1) is 0 Å². The third kappa shape index (κ3) is 2.45. The first-order valence-corrected chi connectivity index (χ1v) is 4.70. The SMILES string of the molecule is CCN1CCN(C(=O)Br)CC1. The van der Waals surface area contributed by atoms with Crippen molar-refractivity contribution in [1.82, 2.24) is 9.80 Å².